The highest BCUT2D eigenvalue weighted by Crippen LogP contribution is 2.46. The zero-order valence-electron chi connectivity index (χ0n) is 24.8. The average molecular weight is 601 g/mol. The number of nitrogens with two attached hydrogens (primary N) is 1. The summed E-state index contributed by atoms with van der Waals surface area (Å²) in [4.78, 5) is 47.6. The molecule has 0 saturated heterocycles. The molecule has 10 nitrogen and oxygen atoms in total. The SMILES string of the molecule is C=CC(N)=O.CC.Cc1cc(Oc2cccnc2C)ccc1N1C(=O)Nc2c(C(=O)NC3CCCC3)sc3nccc1c23. The van der Waals surface area contributed by atoms with Gasteiger partial charge in [-0.3, -0.25) is 19.5 Å². The molecule has 224 valence electrons. The molecule has 4 amide bonds. The molecule has 0 bridgehead atoms. The average Bonchev–Trinajstić information content (AvgIpc) is 3.65. The van der Waals surface area contributed by atoms with Gasteiger partial charge < -0.3 is 21.1 Å². The van der Waals surface area contributed by atoms with Crippen molar-refractivity contribution in [2.45, 2.75) is 59.4 Å². The molecule has 4 heterocycles. The summed E-state index contributed by atoms with van der Waals surface area (Å²) in [5.74, 6) is 0.710. The quantitative estimate of drug-likeness (QED) is 0.201. The molecule has 2 aliphatic rings. The molecule has 43 heavy (non-hydrogen) atoms. The van der Waals surface area contributed by atoms with Crippen LogP contribution < -0.4 is 26.0 Å². The summed E-state index contributed by atoms with van der Waals surface area (Å²) in [7, 11) is 0. The number of aryl methyl sites for hydroxylation is 2. The number of anilines is 3. The van der Waals surface area contributed by atoms with Crippen LogP contribution in [0.1, 0.15) is 60.5 Å². The highest BCUT2D eigenvalue weighted by molar-refractivity contribution is 7.21. The van der Waals surface area contributed by atoms with Crippen molar-refractivity contribution in [2.24, 2.45) is 5.73 Å². The number of hydrogen-bond donors (Lipinski definition) is 3. The lowest BCUT2D eigenvalue weighted by atomic mass is 10.1. The van der Waals surface area contributed by atoms with Crippen LogP contribution in [0.25, 0.3) is 10.2 Å². The van der Waals surface area contributed by atoms with Crippen molar-refractivity contribution in [3.05, 3.63) is 77.6 Å². The van der Waals surface area contributed by atoms with Gasteiger partial charge in [-0.05, 0) is 74.7 Å². The second kappa shape index (κ2) is 13.9. The number of aromatic nitrogens is 2. The predicted molar refractivity (Wildman–Crippen MR) is 171 cm³/mol. The third-order valence-electron chi connectivity index (χ3n) is 6.94. The third-order valence-corrected chi connectivity index (χ3v) is 8.04. The van der Waals surface area contributed by atoms with Gasteiger partial charge in [0.25, 0.3) is 5.91 Å². The summed E-state index contributed by atoms with van der Waals surface area (Å²) in [6.07, 6.45) is 8.72. The van der Waals surface area contributed by atoms with Crippen LogP contribution in [-0.4, -0.2) is 33.9 Å². The number of carbonyl (C=O) groups is 3. The lowest BCUT2D eigenvalue weighted by Gasteiger charge is -2.29. The normalized spacial score (nSPS) is 13.7. The van der Waals surface area contributed by atoms with E-state index in [1.54, 1.807) is 17.3 Å². The van der Waals surface area contributed by atoms with Crippen molar-refractivity contribution in [3.8, 4) is 11.5 Å². The second-order valence-electron chi connectivity index (χ2n) is 9.78. The number of carbonyl (C=O) groups excluding carboxylic acids is 3. The fourth-order valence-electron chi connectivity index (χ4n) is 4.95. The maximum atomic E-state index is 13.4. The van der Waals surface area contributed by atoms with Crippen molar-refractivity contribution in [2.75, 3.05) is 10.2 Å². The first-order valence-electron chi connectivity index (χ1n) is 14.2. The molecule has 0 spiro atoms. The largest absolute Gasteiger partial charge is 0.455 e. The Morgan fingerprint density at radius 3 is 2.49 bits per heavy atom. The van der Waals surface area contributed by atoms with Crippen LogP contribution in [-0.2, 0) is 4.79 Å². The molecule has 11 heteroatoms. The maximum Gasteiger partial charge on any atom is 0.331 e. The number of pyridine rings is 2. The first kappa shape index (κ1) is 31.2. The highest BCUT2D eigenvalue weighted by atomic mass is 32.1. The van der Waals surface area contributed by atoms with Crippen LogP contribution in [0.3, 0.4) is 0 Å². The van der Waals surface area contributed by atoms with E-state index in [4.69, 9.17) is 4.74 Å². The molecule has 0 atom stereocenters. The van der Waals surface area contributed by atoms with E-state index in [0.717, 1.165) is 54.1 Å². The molecule has 4 aromatic rings. The molecule has 6 rings (SSSR count). The Hall–Kier alpha value is -4.77. The number of urea groups is 1. The Kier molecular flexibility index (Phi) is 10.1. The number of nitrogens with one attached hydrogen (secondary N) is 2. The lowest BCUT2D eigenvalue weighted by molar-refractivity contribution is -0.113. The first-order valence-corrected chi connectivity index (χ1v) is 15.0. The number of benzene rings is 1. The van der Waals surface area contributed by atoms with Crippen molar-refractivity contribution in [1.29, 1.82) is 0 Å². The molecule has 0 radical (unpaired) electrons. The van der Waals surface area contributed by atoms with Gasteiger partial charge in [0.15, 0.2) is 0 Å². The molecular weight excluding hydrogens is 564 g/mol. The minimum Gasteiger partial charge on any atom is -0.455 e. The van der Waals surface area contributed by atoms with Gasteiger partial charge in [0.1, 0.15) is 21.2 Å². The van der Waals surface area contributed by atoms with Crippen LogP contribution in [0.4, 0.5) is 21.9 Å². The van der Waals surface area contributed by atoms with E-state index in [0.29, 0.717) is 32.6 Å². The Morgan fingerprint density at radius 2 is 1.84 bits per heavy atom. The molecule has 3 aromatic heterocycles. The second-order valence-corrected chi connectivity index (χ2v) is 10.8. The number of ether oxygens (including phenoxy) is 1. The number of primary amides is 1. The van der Waals surface area contributed by atoms with E-state index < -0.39 is 5.91 Å². The molecule has 1 aliphatic carbocycles. The van der Waals surface area contributed by atoms with Crippen LogP contribution in [0.5, 0.6) is 11.5 Å². The minimum atomic E-state index is -0.481. The molecule has 1 saturated carbocycles. The summed E-state index contributed by atoms with van der Waals surface area (Å²) in [6.45, 7) is 10.9. The maximum absolute atomic E-state index is 13.4. The molecule has 1 fully saturated rings. The van der Waals surface area contributed by atoms with E-state index in [1.807, 2.05) is 64.1 Å². The van der Waals surface area contributed by atoms with Gasteiger partial charge in [-0.1, -0.05) is 33.3 Å². The van der Waals surface area contributed by atoms with E-state index in [-0.39, 0.29) is 18.0 Å². The minimum absolute atomic E-state index is 0.150. The van der Waals surface area contributed by atoms with Crippen molar-refractivity contribution < 1.29 is 19.1 Å². The van der Waals surface area contributed by atoms with Gasteiger partial charge in [-0.25, -0.2) is 9.78 Å². The monoisotopic (exact) mass is 600 g/mol. The summed E-state index contributed by atoms with van der Waals surface area (Å²) in [5.41, 5.74) is 8.17. The van der Waals surface area contributed by atoms with Crippen LogP contribution >= 0.6 is 11.3 Å². The topological polar surface area (TPSA) is 140 Å². The number of thiophene rings is 1. The molecule has 1 aliphatic heterocycles. The number of nitrogens with zero attached hydrogens (tertiary/aromatic N) is 3. The molecule has 1 aromatic carbocycles. The Balaban J connectivity index is 0.000000551. The molecule has 0 unspecified atom stereocenters. The van der Waals surface area contributed by atoms with Crippen molar-refractivity contribution in [3.63, 3.8) is 0 Å². The van der Waals surface area contributed by atoms with Crippen LogP contribution in [0.15, 0.2) is 61.4 Å². The van der Waals surface area contributed by atoms with Crippen molar-refractivity contribution >= 4 is 56.5 Å². The van der Waals surface area contributed by atoms with Gasteiger partial charge in [0, 0.05) is 18.4 Å². The van der Waals surface area contributed by atoms with Gasteiger partial charge >= 0.3 is 6.03 Å². The summed E-state index contributed by atoms with van der Waals surface area (Å²) >= 11 is 1.31. The highest BCUT2D eigenvalue weighted by Gasteiger charge is 2.34. The van der Waals surface area contributed by atoms with E-state index in [1.165, 1.54) is 11.3 Å². The van der Waals surface area contributed by atoms with Gasteiger partial charge in [0.2, 0.25) is 5.91 Å². The Labute approximate surface area is 255 Å². The zero-order chi connectivity index (χ0) is 31.1. The fraction of sp³-hybridized carbons (Fsp3) is 0.281. The van der Waals surface area contributed by atoms with Crippen LogP contribution in [0.2, 0.25) is 0 Å². The van der Waals surface area contributed by atoms with Crippen LogP contribution in [0, 0.1) is 13.8 Å². The smallest absolute Gasteiger partial charge is 0.331 e. The Bertz CT molecular complexity index is 1660. The fourth-order valence-corrected chi connectivity index (χ4v) is 5.97. The molecule has 4 N–H and O–H groups in total. The molecular formula is C32H36N6O4S. The number of hydrogen-bond acceptors (Lipinski definition) is 7. The standard InChI is InChI=1S/C27H25N5O3S.C3H5NO.C2H6/c1-15-14-18(35-21-8-5-12-28-16(21)2)9-10-19(15)32-20-11-13-29-26-22(20)23(31-27(32)34)24(36-26)25(33)30-17-6-3-4-7-17;1-2-3(4)5;1-2/h5,8-14,17H,3-4,6-7H2,1-2H3,(H,30,33)(H,31,34);2H,1H2,(H2,4,5);1-2H3. The van der Waals surface area contributed by atoms with E-state index >= 15 is 0 Å². The van der Waals surface area contributed by atoms with Gasteiger partial charge in [-0.15, -0.1) is 11.3 Å². The third kappa shape index (κ3) is 6.83. The van der Waals surface area contributed by atoms with Gasteiger partial charge in [0.05, 0.1) is 28.1 Å². The first-order chi connectivity index (χ1) is 20.8. The summed E-state index contributed by atoms with van der Waals surface area (Å²) in [6, 6.07) is 11.0. The van der Waals surface area contributed by atoms with Gasteiger partial charge in [-0.2, -0.15) is 0 Å². The lowest BCUT2D eigenvalue weighted by Crippen LogP contribution is -2.36. The van der Waals surface area contributed by atoms with E-state index in [2.05, 4.69) is 32.9 Å². The zero-order valence-corrected chi connectivity index (χ0v) is 25.6. The number of amides is 4. The van der Waals surface area contributed by atoms with Crippen molar-refractivity contribution in [1.82, 2.24) is 15.3 Å². The summed E-state index contributed by atoms with van der Waals surface area (Å²) < 4.78 is 6.02. The van der Waals surface area contributed by atoms with E-state index in [9.17, 15) is 14.4 Å². The number of rotatable bonds is 6. The predicted octanol–water partition coefficient (Wildman–Crippen LogP) is 7.14. The summed E-state index contributed by atoms with van der Waals surface area (Å²) in [5, 5.41) is 6.89. The Morgan fingerprint density at radius 1 is 1.12 bits per heavy atom.